The Kier molecular flexibility index (Phi) is 4.67. The molecule has 3 aromatic rings. The fourth-order valence-corrected chi connectivity index (χ4v) is 2.72. The van der Waals surface area contributed by atoms with Crippen LogP contribution in [0.25, 0.3) is 0 Å². The third kappa shape index (κ3) is 3.84. The summed E-state index contributed by atoms with van der Waals surface area (Å²) in [6.45, 7) is 6.08. The third-order valence-electron chi connectivity index (χ3n) is 3.67. The van der Waals surface area contributed by atoms with E-state index >= 15 is 0 Å². The Hall–Kier alpha value is -2.59. The molecule has 0 saturated carbocycles. The minimum atomic E-state index is 0.567. The van der Waals surface area contributed by atoms with Gasteiger partial charge in [0.1, 0.15) is 5.82 Å². The van der Waals surface area contributed by atoms with Gasteiger partial charge in [0.05, 0.1) is 0 Å². The van der Waals surface area contributed by atoms with Gasteiger partial charge >= 0.3 is 0 Å². The van der Waals surface area contributed by atoms with Crippen molar-refractivity contribution in [1.29, 1.82) is 0 Å². The van der Waals surface area contributed by atoms with Crippen LogP contribution < -0.4 is 10.6 Å². The third-order valence-corrected chi connectivity index (χ3v) is 3.90. The number of aromatic nitrogens is 2. The second-order valence-electron chi connectivity index (χ2n) is 5.75. The molecule has 5 heteroatoms. The van der Waals surface area contributed by atoms with Gasteiger partial charge in [0.2, 0.25) is 5.95 Å². The van der Waals surface area contributed by atoms with Gasteiger partial charge in [-0.25, -0.2) is 4.98 Å². The van der Waals surface area contributed by atoms with E-state index in [4.69, 9.17) is 11.6 Å². The van der Waals surface area contributed by atoms with E-state index < -0.39 is 0 Å². The normalized spacial score (nSPS) is 10.5. The van der Waals surface area contributed by atoms with Crippen LogP contribution in [0.5, 0.6) is 0 Å². The highest BCUT2D eigenvalue weighted by Crippen LogP contribution is 2.24. The van der Waals surface area contributed by atoms with Crippen molar-refractivity contribution in [3.8, 4) is 0 Å². The fourth-order valence-electron chi connectivity index (χ4n) is 2.53. The van der Waals surface area contributed by atoms with Crippen LogP contribution >= 0.6 is 11.6 Å². The zero-order valence-electron chi connectivity index (χ0n) is 13.9. The van der Waals surface area contributed by atoms with E-state index in [0.29, 0.717) is 11.0 Å². The summed E-state index contributed by atoms with van der Waals surface area (Å²) in [5.74, 6) is 1.29. The summed E-state index contributed by atoms with van der Waals surface area (Å²) < 4.78 is 0. The van der Waals surface area contributed by atoms with Crippen molar-refractivity contribution in [2.75, 3.05) is 10.6 Å². The first-order valence-corrected chi connectivity index (χ1v) is 8.10. The summed E-state index contributed by atoms with van der Waals surface area (Å²) in [4.78, 5) is 9.04. The zero-order chi connectivity index (χ0) is 17.1. The largest absolute Gasteiger partial charge is 0.340 e. The van der Waals surface area contributed by atoms with Gasteiger partial charge in [-0.3, -0.25) is 0 Å². The lowest BCUT2D eigenvalue weighted by molar-refractivity contribution is 1.10. The van der Waals surface area contributed by atoms with Crippen molar-refractivity contribution < 1.29 is 0 Å². The van der Waals surface area contributed by atoms with Crippen LogP contribution in [0.15, 0.2) is 48.5 Å². The van der Waals surface area contributed by atoms with Crippen molar-refractivity contribution >= 4 is 34.7 Å². The number of hydrogen-bond acceptors (Lipinski definition) is 4. The molecule has 0 aliphatic rings. The van der Waals surface area contributed by atoms with Crippen molar-refractivity contribution in [2.24, 2.45) is 0 Å². The summed E-state index contributed by atoms with van der Waals surface area (Å²) in [5, 5.41) is 7.28. The van der Waals surface area contributed by atoms with Crippen molar-refractivity contribution in [2.45, 2.75) is 20.8 Å². The maximum atomic E-state index is 6.03. The van der Waals surface area contributed by atoms with Crippen LogP contribution in [-0.4, -0.2) is 9.97 Å². The minimum Gasteiger partial charge on any atom is -0.340 e. The van der Waals surface area contributed by atoms with Gasteiger partial charge in [0, 0.05) is 28.2 Å². The lowest BCUT2D eigenvalue weighted by Gasteiger charge is -2.13. The number of nitrogens with zero attached hydrogens (tertiary/aromatic N) is 2. The number of para-hydroxylation sites is 1. The van der Waals surface area contributed by atoms with Gasteiger partial charge < -0.3 is 10.6 Å². The van der Waals surface area contributed by atoms with Crippen LogP contribution in [0.2, 0.25) is 5.02 Å². The molecule has 0 spiro atoms. The van der Waals surface area contributed by atoms with Gasteiger partial charge in [0.15, 0.2) is 0 Å². The summed E-state index contributed by atoms with van der Waals surface area (Å²) in [6, 6.07) is 15.6. The van der Waals surface area contributed by atoms with Crippen LogP contribution in [-0.2, 0) is 0 Å². The zero-order valence-corrected chi connectivity index (χ0v) is 14.6. The smallest absolute Gasteiger partial charge is 0.229 e. The van der Waals surface area contributed by atoms with Crippen LogP contribution in [0.4, 0.5) is 23.1 Å². The van der Waals surface area contributed by atoms with Gasteiger partial charge in [-0.1, -0.05) is 35.9 Å². The molecule has 2 N–H and O–H groups in total. The number of aryl methyl sites for hydroxylation is 3. The first-order valence-electron chi connectivity index (χ1n) is 7.73. The van der Waals surface area contributed by atoms with E-state index in [1.807, 2.05) is 43.3 Å². The number of hydrogen-bond donors (Lipinski definition) is 2. The predicted octanol–water partition coefficient (Wildman–Crippen LogP) is 5.54. The first-order chi connectivity index (χ1) is 11.5. The van der Waals surface area contributed by atoms with E-state index in [-0.39, 0.29) is 0 Å². The highest BCUT2D eigenvalue weighted by atomic mass is 35.5. The molecule has 122 valence electrons. The molecule has 4 nitrogen and oxygen atoms in total. The first kappa shape index (κ1) is 16.3. The predicted molar refractivity (Wildman–Crippen MR) is 101 cm³/mol. The second-order valence-corrected chi connectivity index (χ2v) is 6.18. The van der Waals surface area contributed by atoms with E-state index in [1.165, 1.54) is 0 Å². The molecule has 2 aromatic carbocycles. The lowest BCUT2D eigenvalue weighted by Crippen LogP contribution is -2.04. The fraction of sp³-hybridized carbons (Fsp3) is 0.158. The van der Waals surface area contributed by atoms with E-state index in [2.05, 4.69) is 46.6 Å². The Balaban J connectivity index is 1.89. The number of rotatable bonds is 4. The molecule has 0 saturated heterocycles. The van der Waals surface area contributed by atoms with E-state index in [0.717, 1.165) is 34.0 Å². The number of anilines is 4. The van der Waals surface area contributed by atoms with Gasteiger partial charge in [-0.05, 0) is 50.1 Å². The van der Waals surface area contributed by atoms with Crippen molar-refractivity contribution in [3.63, 3.8) is 0 Å². The molecule has 1 heterocycles. The molecule has 0 fully saturated rings. The average molecular weight is 339 g/mol. The molecule has 0 bridgehead atoms. The Morgan fingerprint density at radius 3 is 2.25 bits per heavy atom. The van der Waals surface area contributed by atoms with Gasteiger partial charge in [0.25, 0.3) is 0 Å². The number of benzene rings is 2. The Morgan fingerprint density at radius 1 is 0.833 bits per heavy atom. The number of nitrogens with one attached hydrogen (secondary N) is 2. The average Bonchev–Trinajstić information content (AvgIpc) is 2.50. The summed E-state index contributed by atoms with van der Waals surface area (Å²) in [6.07, 6.45) is 0. The monoisotopic (exact) mass is 338 g/mol. The molecule has 0 radical (unpaired) electrons. The standard InChI is InChI=1S/C19H19ClN4/c1-12-6-4-7-13(2)18(12)24-19-21-14(3)10-17(23-19)22-16-9-5-8-15(20)11-16/h4-11H,1-3H3,(H2,21,22,23,24). The summed E-state index contributed by atoms with van der Waals surface area (Å²) in [7, 11) is 0. The topological polar surface area (TPSA) is 49.8 Å². The van der Waals surface area contributed by atoms with Crippen LogP contribution in [0.3, 0.4) is 0 Å². The molecule has 0 aliphatic heterocycles. The van der Waals surface area contributed by atoms with E-state index in [9.17, 15) is 0 Å². The summed E-state index contributed by atoms with van der Waals surface area (Å²) >= 11 is 6.03. The maximum absolute atomic E-state index is 6.03. The molecule has 0 aliphatic carbocycles. The van der Waals surface area contributed by atoms with Gasteiger partial charge in [-0.2, -0.15) is 4.98 Å². The molecule has 24 heavy (non-hydrogen) atoms. The molecule has 1 aromatic heterocycles. The molecule has 3 rings (SSSR count). The minimum absolute atomic E-state index is 0.567. The molecule has 0 unspecified atom stereocenters. The quantitative estimate of drug-likeness (QED) is 0.655. The van der Waals surface area contributed by atoms with Crippen LogP contribution in [0, 0.1) is 20.8 Å². The van der Waals surface area contributed by atoms with E-state index in [1.54, 1.807) is 0 Å². The molecule has 0 amide bonds. The highest BCUT2D eigenvalue weighted by Gasteiger charge is 2.07. The molecular formula is C19H19ClN4. The summed E-state index contributed by atoms with van der Waals surface area (Å²) in [5.41, 5.74) is 5.12. The van der Waals surface area contributed by atoms with Gasteiger partial charge in [-0.15, -0.1) is 0 Å². The van der Waals surface area contributed by atoms with Crippen molar-refractivity contribution in [1.82, 2.24) is 9.97 Å². The maximum Gasteiger partial charge on any atom is 0.229 e. The van der Waals surface area contributed by atoms with Crippen molar-refractivity contribution in [3.05, 3.63) is 70.4 Å². The van der Waals surface area contributed by atoms with Crippen LogP contribution in [0.1, 0.15) is 16.8 Å². The molecule has 0 atom stereocenters. The second kappa shape index (κ2) is 6.89. The highest BCUT2D eigenvalue weighted by molar-refractivity contribution is 6.30. The molecular weight excluding hydrogens is 320 g/mol. The SMILES string of the molecule is Cc1cc(Nc2cccc(Cl)c2)nc(Nc2c(C)cccc2C)n1. The number of halogens is 1. The Bertz CT molecular complexity index is 857. The lowest BCUT2D eigenvalue weighted by atomic mass is 10.1. The Morgan fingerprint density at radius 2 is 1.54 bits per heavy atom. The Labute approximate surface area is 146 Å².